The highest BCUT2D eigenvalue weighted by atomic mass is 14.9. The molecule has 3 heteroatoms. The molecule has 0 spiro atoms. The maximum Gasteiger partial charge on any atom is 0.0951 e. The van der Waals surface area contributed by atoms with Gasteiger partial charge < -0.3 is 11.1 Å². The van der Waals surface area contributed by atoms with Crippen LogP contribution in [0.1, 0.15) is 25.7 Å². The molecule has 19 heavy (non-hydrogen) atoms. The number of benzene rings is 1. The first-order chi connectivity index (χ1) is 9.31. The summed E-state index contributed by atoms with van der Waals surface area (Å²) in [6.07, 6.45) is 7.44. The number of aromatic nitrogens is 1. The number of para-hydroxylation sites is 1. The summed E-state index contributed by atoms with van der Waals surface area (Å²) in [5.41, 5.74) is 8.86. The van der Waals surface area contributed by atoms with E-state index in [2.05, 4.69) is 22.4 Å². The van der Waals surface area contributed by atoms with Crippen molar-refractivity contribution in [3.63, 3.8) is 0 Å². The zero-order valence-corrected chi connectivity index (χ0v) is 11.0. The van der Waals surface area contributed by atoms with Crippen LogP contribution in [0.2, 0.25) is 0 Å². The van der Waals surface area contributed by atoms with Gasteiger partial charge in [-0.15, -0.1) is 0 Å². The van der Waals surface area contributed by atoms with Gasteiger partial charge in [0.2, 0.25) is 0 Å². The molecular weight excluding hydrogens is 234 g/mol. The molecule has 2 bridgehead atoms. The topological polar surface area (TPSA) is 50.9 Å². The summed E-state index contributed by atoms with van der Waals surface area (Å²) in [5.74, 6) is 1.83. The van der Waals surface area contributed by atoms with E-state index in [9.17, 15) is 0 Å². The van der Waals surface area contributed by atoms with Crippen molar-refractivity contribution in [3.8, 4) is 0 Å². The van der Waals surface area contributed by atoms with Crippen LogP contribution in [-0.2, 0) is 0 Å². The Kier molecular flexibility index (Phi) is 2.40. The van der Waals surface area contributed by atoms with Crippen LogP contribution in [0.25, 0.3) is 10.9 Å². The molecule has 0 radical (unpaired) electrons. The van der Waals surface area contributed by atoms with Gasteiger partial charge in [-0.3, -0.25) is 4.98 Å². The molecule has 1 aromatic heterocycles. The number of nitrogens with one attached hydrogen (secondary N) is 1. The van der Waals surface area contributed by atoms with Crippen molar-refractivity contribution < 1.29 is 0 Å². The predicted molar refractivity (Wildman–Crippen MR) is 79.0 cm³/mol. The van der Waals surface area contributed by atoms with Gasteiger partial charge in [0.25, 0.3) is 0 Å². The molecule has 4 rings (SSSR count). The van der Waals surface area contributed by atoms with E-state index in [0.717, 1.165) is 28.4 Å². The molecule has 0 aliphatic heterocycles. The van der Waals surface area contributed by atoms with Gasteiger partial charge in [-0.2, -0.15) is 0 Å². The van der Waals surface area contributed by atoms with E-state index in [1.54, 1.807) is 0 Å². The van der Waals surface area contributed by atoms with Crippen molar-refractivity contribution in [1.82, 2.24) is 4.98 Å². The minimum Gasteiger partial charge on any atom is -0.397 e. The van der Waals surface area contributed by atoms with Crippen LogP contribution in [0, 0.1) is 11.8 Å². The number of anilines is 2. The number of nitrogens with two attached hydrogens (primary N) is 1. The van der Waals surface area contributed by atoms with Gasteiger partial charge in [0, 0.05) is 23.3 Å². The Hall–Kier alpha value is -1.77. The largest absolute Gasteiger partial charge is 0.397 e. The average Bonchev–Trinajstić information content (AvgIpc) is 3.02. The molecule has 0 saturated heterocycles. The molecule has 2 fully saturated rings. The number of fused-ring (bicyclic) bond motifs is 3. The minimum absolute atomic E-state index is 0.644. The van der Waals surface area contributed by atoms with Crippen LogP contribution >= 0.6 is 0 Å². The highest BCUT2D eigenvalue weighted by molar-refractivity contribution is 5.97. The quantitative estimate of drug-likeness (QED) is 0.806. The molecule has 2 saturated carbocycles. The summed E-state index contributed by atoms with van der Waals surface area (Å²) in [6, 6.07) is 8.75. The molecular formula is C16H19N3. The lowest BCUT2D eigenvalue weighted by Gasteiger charge is -2.24. The standard InChI is InChI=1S/C16H19N3/c17-13-3-1-2-12-14(6-7-18-16(12)13)19-15-9-10-4-5-11(15)8-10/h1-3,6-7,10-11,15H,4-5,8-9,17H2,(H,18,19). The van der Waals surface area contributed by atoms with Crippen molar-refractivity contribution >= 4 is 22.3 Å². The Morgan fingerprint density at radius 2 is 2.11 bits per heavy atom. The van der Waals surface area contributed by atoms with Crippen molar-refractivity contribution in [2.75, 3.05) is 11.1 Å². The van der Waals surface area contributed by atoms with E-state index in [1.165, 1.54) is 31.4 Å². The van der Waals surface area contributed by atoms with Crippen LogP contribution in [0.5, 0.6) is 0 Å². The van der Waals surface area contributed by atoms with Crippen molar-refractivity contribution in [3.05, 3.63) is 30.5 Å². The highest BCUT2D eigenvalue weighted by Crippen LogP contribution is 2.45. The number of hydrogen-bond acceptors (Lipinski definition) is 3. The third kappa shape index (κ3) is 1.76. The lowest BCUT2D eigenvalue weighted by molar-refractivity contribution is 0.440. The molecule has 3 unspecified atom stereocenters. The van der Waals surface area contributed by atoms with E-state index in [1.807, 2.05) is 18.3 Å². The average molecular weight is 253 g/mol. The second-order valence-corrected chi connectivity index (χ2v) is 6.03. The fourth-order valence-electron chi connectivity index (χ4n) is 3.95. The zero-order chi connectivity index (χ0) is 12.8. The summed E-state index contributed by atoms with van der Waals surface area (Å²) >= 11 is 0. The van der Waals surface area contributed by atoms with E-state index in [-0.39, 0.29) is 0 Å². The molecule has 3 nitrogen and oxygen atoms in total. The smallest absolute Gasteiger partial charge is 0.0951 e. The molecule has 2 aliphatic rings. The first kappa shape index (κ1) is 11.1. The van der Waals surface area contributed by atoms with Gasteiger partial charge in [-0.25, -0.2) is 0 Å². The SMILES string of the molecule is Nc1cccc2c(NC3CC4CCC3C4)ccnc12. The Balaban J connectivity index is 1.70. The Morgan fingerprint density at radius 1 is 1.16 bits per heavy atom. The second-order valence-electron chi connectivity index (χ2n) is 6.03. The molecule has 1 heterocycles. The fourth-order valence-corrected chi connectivity index (χ4v) is 3.95. The Bertz CT molecular complexity index is 622. The van der Waals surface area contributed by atoms with Crippen LogP contribution in [0.3, 0.4) is 0 Å². The Labute approximate surface area is 113 Å². The van der Waals surface area contributed by atoms with Crippen molar-refractivity contribution in [1.29, 1.82) is 0 Å². The van der Waals surface area contributed by atoms with Crippen molar-refractivity contribution in [2.24, 2.45) is 11.8 Å². The number of nitrogen functional groups attached to an aromatic ring is 1. The molecule has 98 valence electrons. The van der Waals surface area contributed by atoms with Crippen LogP contribution in [0.4, 0.5) is 11.4 Å². The summed E-state index contributed by atoms with van der Waals surface area (Å²) < 4.78 is 0. The second kappa shape index (κ2) is 4.12. The maximum absolute atomic E-state index is 6.00. The van der Waals surface area contributed by atoms with E-state index < -0.39 is 0 Å². The maximum atomic E-state index is 6.00. The van der Waals surface area contributed by atoms with Gasteiger partial charge in [0.15, 0.2) is 0 Å². The number of pyridine rings is 1. The van der Waals surface area contributed by atoms with Gasteiger partial charge in [0.05, 0.1) is 11.2 Å². The highest BCUT2D eigenvalue weighted by Gasteiger charge is 2.39. The molecule has 3 atom stereocenters. The van der Waals surface area contributed by atoms with Gasteiger partial charge >= 0.3 is 0 Å². The number of hydrogen-bond donors (Lipinski definition) is 2. The van der Waals surface area contributed by atoms with E-state index in [4.69, 9.17) is 5.73 Å². The molecule has 2 aromatic rings. The normalized spacial score (nSPS) is 28.9. The van der Waals surface area contributed by atoms with Crippen molar-refractivity contribution in [2.45, 2.75) is 31.7 Å². The zero-order valence-electron chi connectivity index (χ0n) is 11.0. The molecule has 1 aromatic carbocycles. The summed E-state index contributed by atoms with van der Waals surface area (Å²) in [4.78, 5) is 4.40. The summed E-state index contributed by atoms with van der Waals surface area (Å²) in [5, 5.41) is 4.89. The van der Waals surface area contributed by atoms with Crippen LogP contribution in [0.15, 0.2) is 30.5 Å². The summed E-state index contributed by atoms with van der Waals surface area (Å²) in [6.45, 7) is 0. The molecule has 0 amide bonds. The first-order valence-electron chi connectivity index (χ1n) is 7.21. The Morgan fingerprint density at radius 3 is 2.89 bits per heavy atom. The lowest BCUT2D eigenvalue weighted by atomic mass is 9.95. The minimum atomic E-state index is 0.644. The van der Waals surface area contributed by atoms with Gasteiger partial charge in [-0.1, -0.05) is 18.6 Å². The monoisotopic (exact) mass is 253 g/mol. The van der Waals surface area contributed by atoms with E-state index in [0.29, 0.717) is 6.04 Å². The lowest BCUT2D eigenvalue weighted by Crippen LogP contribution is -2.25. The molecule has 3 N–H and O–H groups in total. The fraction of sp³-hybridized carbons (Fsp3) is 0.438. The predicted octanol–water partition coefficient (Wildman–Crippen LogP) is 3.42. The molecule has 2 aliphatic carbocycles. The van der Waals surface area contributed by atoms with Crippen LogP contribution < -0.4 is 11.1 Å². The van der Waals surface area contributed by atoms with E-state index >= 15 is 0 Å². The van der Waals surface area contributed by atoms with Crippen LogP contribution in [-0.4, -0.2) is 11.0 Å². The first-order valence-corrected chi connectivity index (χ1v) is 7.21. The van der Waals surface area contributed by atoms with Gasteiger partial charge in [0.1, 0.15) is 0 Å². The summed E-state index contributed by atoms with van der Waals surface area (Å²) in [7, 11) is 0. The third-order valence-corrected chi connectivity index (χ3v) is 4.88. The third-order valence-electron chi connectivity index (χ3n) is 4.88. The number of nitrogens with zero attached hydrogens (tertiary/aromatic N) is 1. The van der Waals surface area contributed by atoms with Gasteiger partial charge in [-0.05, 0) is 43.2 Å². The number of rotatable bonds is 2.